The Morgan fingerprint density at radius 1 is 1.39 bits per heavy atom. The zero-order valence-electron chi connectivity index (χ0n) is 10.2. The molecule has 1 heterocycles. The second kappa shape index (κ2) is 5.93. The van der Waals surface area contributed by atoms with Crippen LogP contribution < -0.4 is 11.1 Å². The first-order valence-corrected chi connectivity index (χ1v) is 6.12. The fraction of sp³-hybridized carbons (Fsp3) is 0.462. The van der Waals surface area contributed by atoms with Gasteiger partial charge < -0.3 is 11.1 Å². The molecule has 0 aliphatic carbocycles. The van der Waals surface area contributed by atoms with E-state index in [0.29, 0.717) is 19.5 Å². The average molecular weight is 251 g/mol. The summed E-state index contributed by atoms with van der Waals surface area (Å²) in [6, 6.07) is 6.54. The lowest BCUT2D eigenvalue weighted by Crippen LogP contribution is -2.58. The van der Waals surface area contributed by atoms with E-state index in [4.69, 9.17) is 5.73 Å². The first kappa shape index (κ1) is 13.0. The van der Waals surface area contributed by atoms with Crippen LogP contribution in [-0.2, 0) is 11.2 Å². The van der Waals surface area contributed by atoms with Gasteiger partial charge in [-0.3, -0.25) is 9.69 Å². The van der Waals surface area contributed by atoms with Gasteiger partial charge in [-0.05, 0) is 24.1 Å². The van der Waals surface area contributed by atoms with Gasteiger partial charge in [-0.15, -0.1) is 0 Å². The maximum absolute atomic E-state index is 12.7. The Labute approximate surface area is 106 Å². The van der Waals surface area contributed by atoms with Gasteiger partial charge in [-0.25, -0.2) is 4.39 Å². The molecular weight excluding hydrogens is 233 g/mol. The molecule has 1 aromatic rings. The van der Waals surface area contributed by atoms with Crippen LogP contribution in [0.15, 0.2) is 24.3 Å². The number of benzene rings is 1. The van der Waals surface area contributed by atoms with Crippen molar-refractivity contribution in [2.45, 2.75) is 12.5 Å². The van der Waals surface area contributed by atoms with Crippen LogP contribution >= 0.6 is 0 Å². The zero-order valence-corrected chi connectivity index (χ0v) is 10.2. The van der Waals surface area contributed by atoms with Gasteiger partial charge in [0.25, 0.3) is 0 Å². The van der Waals surface area contributed by atoms with Crippen LogP contribution in [0.2, 0.25) is 0 Å². The fourth-order valence-electron chi connectivity index (χ4n) is 2.00. The van der Waals surface area contributed by atoms with Crippen molar-refractivity contribution >= 4 is 5.91 Å². The summed E-state index contributed by atoms with van der Waals surface area (Å²) in [7, 11) is 0. The summed E-state index contributed by atoms with van der Waals surface area (Å²) < 4.78 is 12.7. The first-order valence-electron chi connectivity index (χ1n) is 6.12. The number of nitrogens with one attached hydrogen (secondary N) is 1. The molecule has 98 valence electrons. The van der Waals surface area contributed by atoms with Crippen molar-refractivity contribution in [1.82, 2.24) is 10.2 Å². The number of carbonyl (C=O) groups excluding carboxylic acids is 1. The zero-order chi connectivity index (χ0) is 13.0. The molecule has 1 aromatic carbocycles. The van der Waals surface area contributed by atoms with Crippen molar-refractivity contribution < 1.29 is 9.18 Å². The highest BCUT2D eigenvalue weighted by Gasteiger charge is 2.24. The lowest BCUT2D eigenvalue weighted by molar-refractivity contribution is -0.123. The predicted octanol–water partition coefficient (Wildman–Crippen LogP) is 0.127. The van der Waals surface area contributed by atoms with E-state index in [1.807, 2.05) is 4.90 Å². The van der Waals surface area contributed by atoms with Crippen LogP contribution in [0.3, 0.4) is 0 Å². The number of carbonyl (C=O) groups is 1. The third-order valence-electron chi connectivity index (χ3n) is 3.00. The minimum absolute atomic E-state index is 0.0176. The van der Waals surface area contributed by atoms with Gasteiger partial charge in [0.1, 0.15) is 5.82 Å². The van der Waals surface area contributed by atoms with Crippen molar-refractivity contribution in [1.29, 1.82) is 0 Å². The van der Waals surface area contributed by atoms with Gasteiger partial charge in [-0.2, -0.15) is 0 Å². The number of halogens is 1. The summed E-state index contributed by atoms with van der Waals surface area (Å²) >= 11 is 0. The molecule has 0 radical (unpaired) electrons. The number of hydrogen-bond donors (Lipinski definition) is 2. The molecule has 0 bridgehead atoms. The lowest BCUT2D eigenvalue weighted by atomic mass is 10.1. The molecule has 1 amide bonds. The van der Waals surface area contributed by atoms with Gasteiger partial charge in [0, 0.05) is 25.7 Å². The Morgan fingerprint density at radius 2 is 2.06 bits per heavy atom. The van der Waals surface area contributed by atoms with Crippen molar-refractivity contribution in [2.75, 3.05) is 26.2 Å². The maximum Gasteiger partial charge on any atom is 0.234 e. The summed E-state index contributed by atoms with van der Waals surface area (Å²) in [5.74, 6) is -0.221. The van der Waals surface area contributed by atoms with Crippen LogP contribution in [0.5, 0.6) is 0 Å². The van der Waals surface area contributed by atoms with Crippen LogP contribution in [0.1, 0.15) is 5.56 Å². The highest BCUT2D eigenvalue weighted by Crippen LogP contribution is 2.04. The summed E-state index contributed by atoms with van der Waals surface area (Å²) in [6.45, 7) is 2.58. The van der Waals surface area contributed by atoms with E-state index in [0.717, 1.165) is 18.7 Å². The van der Waals surface area contributed by atoms with Crippen molar-refractivity contribution in [3.8, 4) is 0 Å². The molecule has 0 aromatic heterocycles. The molecular formula is C13H18FN3O. The molecule has 4 nitrogen and oxygen atoms in total. The minimum atomic E-state index is -0.239. The van der Waals surface area contributed by atoms with Crippen LogP contribution in [-0.4, -0.2) is 43.0 Å². The second-order valence-electron chi connectivity index (χ2n) is 4.68. The SMILES string of the molecule is NC1CN(CC(=O)NCCc2ccc(F)cc2)C1. The molecule has 1 fully saturated rings. The third-order valence-corrected chi connectivity index (χ3v) is 3.00. The summed E-state index contributed by atoms with van der Waals surface area (Å²) in [4.78, 5) is 13.6. The van der Waals surface area contributed by atoms with Gasteiger partial charge in [0.15, 0.2) is 0 Å². The molecule has 1 saturated heterocycles. The molecule has 0 unspecified atom stereocenters. The number of nitrogens with zero attached hydrogens (tertiary/aromatic N) is 1. The van der Waals surface area contributed by atoms with Crippen molar-refractivity contribution in [3.63, 3.8) is 0 Å². The molecule has 18 heavy (non-hydrogen) atoms. The molecule has 0 spiro atoms. The summed E-state index contributed by atoms with van der Waals surface area (Å²) in [5, 5.41) is 2.84. The fourth-order valence-corrected chi connectivity index (χ4v) is 2.00. The van der Waals surface area contributed by atoms with Gasteiger partial charge in [0.2, 0.25) is 5.91 Å². The monoisotopic (exact) mass is 251 g/mol. The average Bonchev–Trinajstić information content (AvgIpc) is 2.30. The predicted molar refractivity (Wildman–Crippen MR) is 67.5 cm³/mol. The highest BCUT2D eigenvalue weighted by atomic mass is 19.1. The third kappa shape index (κ3) is 3.78. The number of nitrogens with two attached hydrogens (primary N) is 1. The van der Waals surface area contributed by atoms with Crippen LogP contribution in [0.25, 0.3) is 0 Å². The molecule has 3 N–H and O–H groups in total. The van der Waals surface area contributed by atoms with Crippen LogP contribution in [0.4, 0.5) is 4.39 Å². The molecule has 1 aliphatic rings. The summed E-state index contributed by atoms with van der Waals surface area (Å²) in [5.41, 5.74) is 6.65. The lowest BCUT2D eigenvalue weighted by Gasteiger charge is -2.36. The van der Waals surface area contributed by atoms with Crippen molar-refractivity contribution in [3.05, 3.63) is 35.6 Å². The van der Waals surface area contributed by atoms with E-state index in [1.54, 1.807) is 12.1 Å². The Morgan fingerprint density at radius 3 is 2.67 bits per heavy atom. The van der Waals surface area contributed by atoms with E-state index < -0.39 is 0 Å². The maximum atomic E-state index is 12.7. The number of hydrogen-bond acceptors (Lipinski definition) is 3. The van der Waals surface area contributed by atoms with Gasteiger partial charge >= 0.3 is 0 Å². The van der Waals surface area contributed by atoms with Gasteiger partial charge in [0.05, 0.1) is 6.54 Å². The molecule has 0 atom stereocenters. The number of likely N-dealkylation sites (tertiary alicyclic amines) is 1. The van der Waals surface area contributed by atoms with Crippen molar-refractivity contribution in [2.24, 2.45) is 5.73 Å². The Bertz CT molecular complexity index is 401. The Hall–Kier alpha value is -1.46. The normalized spacial score (nSPS) is 16.3. The molecule has 2 rings (SSSR count). The Kier molecular flexibility index (Phi) is 4.28. The van der Waals surface area contributed by atoms with Gasteiger partial charge in [-0.1, -0.05) is 12.1 Å². The highest BCUT2D eigenvalue weighted by molar-refractivity contribution is 5.78. The quantitative estimate of drug-likeness (QED) is 0.782. The summed E-state index contributed by atoms with van der Waals surface area (Å²) in [6.07, 6.45) is 0.714. The largest absolute Gasteiger partial charge is 0.355 e. The molecule has 1 aliphatic heterocycles. The van der Waals surface area contributed by atoms with E-state index in [-0.39, 0.29) is 17.8 Å². The number of amides is 1. The van der Waals surface area contributed by atoms with E-state index in [9.17, 15) is 9.18 Å². The number of rotatable bonds is 5. The standard InChI is InChI=1S/C13H18FN3O/c14-11-3-1-10(2-4-11)5-6-16-13(18)9-17-7-12(15)8-17/h1-4,12H,5-9,15H2,(H,16,18). The molecule has 5 heteroatoms. The van der Waals surface area contributed by atoms with E-state index >= 15 is 0 Å². The topological polar surface area (TPSA) is 58.4 Å². The van der Waals surface area contributed by atoms with Crippen LogP contribution in [0, 0.1) is 5.82 Å². The minimum Gasteiger partial charge on any atom is -0.355 e. The molecule has 0 saturated carbocycles. The smallest absolute Gasteiger partial charge is 0.234 e. The Balaban J connectivity index is 1.62. The first-order chi connectivity index (χ1) is 8.63. The van der Waals surface area contributed by atoms with E-state index in [2.05, 4.69) is 5.32 Å². The second-order valence-corrected chi connectivity index (χ2v) is 4.68. The van der Waals surface area contributed by atoms with E-state index in [1.165, 1.54) is 12.1 Å².